The number of benzene rings is 1. The molecule has 1 aromatic heterocycles. The van der Waals surface area contributed by atoms with Crippen LogP contribution in [-0.2, 0) is 0 Å². The van der Waals surface area contributed by atoms with Gasteiger partial charge in [0, 0.05) is 31.3 Å². The second-order valence-electron chi connectivity index (χ2n) is 6.81. The fourth-order valence-corrected chi connectivity index (χ4v) is 3.21. The van der Waals surface area contributed by atoms with Crippen LogP contribution in [0.1, 0.15) is 55.9 Å². The first-order chi connectivity index (χ1) is 12.8. The van der Waals surface area contributed by atoms with Gasteiger partial charge in [0.1, 0.15) is 11.5 Å². The van der Waals surface area contributed by atoms with Crippen LogP contribution in [0.4, 0.5) is 5.82 Å². The van der Waals surface area contributed by atoms with Gasteiger partial charge >= 0.3 is 0 Å². The van der Waals surface area contributed by atoms with Gasteiger partial charge in [-0.2, -0.15) is 0 Å². The maximum atomic E-state index is 12.9. The Morgan fingerprint density at radius 1 is 1.08 bits per heavy atom. The third-order valence-corrected chi connectivity index (χ3v) is 4.71. The Labute approximate surface area is 155 Å². The molecule has 0 aliphatic carbocycles. The molecule has 1 aliphatic rings. The molecular formula is C21H28N4O. The van der Waals surface area contributed by atoms with E-state index in [9.17, 15) is 4.79 Å². The highest BCUT2D eigenvalue weighted by Crippen LogP contribution is 2.20. The standard InChI is InChI=1S/C21H28N4O/c1-2-3-8-13-22-19-16-18(21(26)25-14-9-5-10-15-25)23-20(24-19)17-11-6-4-7-12-17/h4,6-7,11-12,16H,2-3,5,8-10,13-15H2,1H3,(H,22,23,24). The smallest absolute Gasteiger partial charge is 0.272 e. The summed E-state index contributed by atoms with van der Waals surface area (Å²) >= 11 is 0. The monoisotopic (exact) mass is 352 g/mol. The van der Waals surface area contributed by atoms with E-state index < -0.39 is 0 Å². The lowest BCUT2D eigenvalue weighted by atomic mass is 10.1. The largest absolute Gasteiger partial charge is 0.370 e. The molecule has 26 heavy (non-hydrogen) atoms. The maximum Gasteiger partial charge on any atom is 0.272 e. The Kier molecular flexibility index (Phi) is 6.58. The van der Waals surface area contributed by atoms with Crippen LogP contribution in [-0.4, -0.2) is 40.4 Å². The average molecular weight is 352 g/mol. The molecule has 0 radical (unpaired) electrons. The highest BCUT2D eigenvalue weighted by atomic mass is 16.2. The minimum atomic E-state index is 0.0147. The molecule has 138 valence electrons. The van der Waals surface area contributed by atoms with Crippen LogP contribution >= 0.6 is 0 Å². The fourth-order valence-electron chi connectivity index (χ4n) is 3.21. The van der Waals surface area contributed by atoms with E-state index >= 15 is 0 Å². The van der Waals surface area contributed by atoms with Gasteiger partial charge in [-0.15, -0.1) is 0 Å². The van der Waals surface area contributed by atoms with Gasteiger partial charge in [0.25, 0.3) is 5.91 Å². The summed E-state index contributed by atoms with van der Waals surface area (Å²) in [6, 6.07) is 11.7. The van der Waals surface area contributed by atoms with Crippen molar-refractivity contribution in [3.8, 4) is 11.4 Å². The quantitative estimate of drug-likeness (QED) is 0.752. The average Bonchev–Trinajstić information content (AvgIpc) is 2.72. The molecule has 0 spiro atoms. The van der Waals surface area contributed by atoms with Gasteiger partial charge in [-0.3, -0.25) is 4.79 Å². The van der Waals surface area contributed by atoms with Gasteiger partial charge in [0.05, 0.1) is 0 Å². The number of piperidine rings is 1. The van der Waals surface area contributed by atoms with Gasteiger partial charge in [-0.1, -0.05) is 50.1 Å². The molecule has 0 unspecified atom stereocenters. The first-order valence-corrected chi connectivity index (χ1v) is 9.75. The summed E-state index contributed by atoms with van der Waals surface area (Å²) in [5, 5.41) is 3.37. The lowest BCUT2D eigenvalue weighted by molar-refractivity contribution is 0.0718. The summed E-state index contributed by atoms with van der Waals surface area (Å²) in [6.07, 6.45) is 6.81. The van der Waals surface area contributed by atoms with Crippen molar-refractivity contribution in [1.82, 2.24) is 14.9 Å². The second kappa shape index (κ2) is 9.32. The molecule has 3 rings (SSSR count). The Morgan fingerprint density at radius 3 is 2.58 bits per heavy atom. The van der Waals surface area contributed by atoms with Crippen molar-refractivity contribution < 1.29 is 4.79 Å². The van der Waals surface area contributed by atoms with Gasteiger partial charge in [0.15, 0.2) is 5.82 Å². The Balaban J connectivity index is 1.85. The van der Waals surface area contributed by atoms with Crippen molar-refractivity contribution in [2.75, 3.05) is 25.0 Å². The van der Waals surface area contributed by atoms with E-state index in [0.29, 0.717) is 11.5 Å². The van der Waals surface area contributed by atoms with E-state index in [4.69, 9.17) is 0 Å². The molecule has 1 saturated heterocycles. The molecule has 5 nitrogen and oxygen atoms in total. The number of hydrogen-bond acceptors (Lipinski definition) is 4. The normalized spacial score (nSPS) is 14.3. The summed E-state index contributed by atoms with van der Waals surface area (Å²) in [7, 11) is 0. The zero-order chi connectivity index (χ0) is 18.2. The summed E-state index contributed by atoms with van der Waals surface area (Å²) < 4.78 is 0. The molecule has 0 saturated carbocycles. The molecule has 5 heteroatoms. The number of anilines is 1. The van der Waals surface area contributed by atoms with E-state index in [2.05, 4.69) is 22.2 Å². The van der Waals surface area contributed by atoms with Gasteiger partial charge in [-0.25, -0.2) is 9.97 Å². The summed E-state index contributed by atoms with van der Waals surface area (Å²) in [5.74, 6) is 1.35. The van der Waals surface area contributed by atoms with Crippen molar-refractivity contribution in [3.05, 3.63) is 42.1 Å². The maximum absolute atomic E-state index is 12.9. The zero-order valence-electron chi connectivity index (χ0n) is 15.6. The van der Waals surface area contributed by atoms with Gasteiger partial charge in [0.2, 0.25) is 0 Å². The highest BCUT2D eigenvalue weighted by molar-refractivity contribution is 5.93. The van der Waals surface area contributed by atoms with E-state index in [1.165, 1.54) is 19.3 Å². The minimum absolute atomic E-state index is 0.0147. The number of aromatic nitrogens is 2. The Morgan fingerprint density at radius 2 is 1.85 bits per heavy atom. The van der Waals surface area contributed by atoms with Crippen molar-refractivity contribution >= 4 is 11.7 Å². The number of hydrogen-bond donors (Lipinski definition) is 1. The third-order valence-electron chi connectivity index (χ3n) is 4.71. The van der Waals surface area contributed by atoms with Crippen LogP contribution in [0.25, 0.3) is 11.4 Å². The molecule has 1 aromatic carbocycles. The SMILES string of the molecule is CCCCCNc1cc(C(=O)N2CCCCC2)nc(-c2ccccc2)n1. The van der Waals surface area contributed by atoms with Gasteiger partial charge < -0.3 is 10.2 Å². The van der Waals surface area contributed by atoms with Crippen LogP contribution in [0.5, 0.6) is 0 Å². The highest BCUT2D eigenvalue weighted by Gasteiger charge is 2.21. The lowest BCUT2D eigenvalue weighted by Crippen LogP contribution is -2.36. The molecular weight excluding hydrogens is 324 g/mol. The molecule has 2 aromatic rings. The number of likely N-dealkylation sites (tertiary alicyclic amines) is 1. The molecule has 1 aliphatic heterocycles. The van der Waals surface area contributed by atoms with Gasteiger partial charge in [-0.05, 0) is 25.7 Å². The van der Waals surface area contributed by atoms with E-state index in [1.807, 2.05) is 35.2 Å². The number of amides is 1. The van der Waals surface area contributed by atoms with Crippen molar-refractivity contribution in [2.24, 2.45) is 0 Å². The van der Waals surface area contributed by atoms with Crippen LogP contribution in [0.15, 0.2) is 36.4 Å². The Hall–Kier alpha value is -2.43. The van der Waals surface area contributed by atoms with Crippen molar-refractivity contribution in [3.63, 3.8) is 0 Å². The number of nitrogens with zero attached hydrogens (tertiary/aromatic N) is 3. The summed E-state index contributed by atoms with van der Waals surface area (Å²) in [5.41, 5.74) is 1.41. The number of nitrogens with one attached hydrogen (secondary N) is 1. The van der Waals surface area contributed by atoms with E-state index in [0.717, 1.165) is 50.3 Å². The number of rotatable bonds is 7. The van der Waals surface area contributed by atoms with Crippen molar-refractivity contribution in [2.45, 2.75) is 45.4 Å². The number of carbonyl (C=O) groups is 1. The van der Waals surface area contributed by atoms with Crippen molar-refractivity contribution in [1.29, 1.82) is 0 Å². The summed E-state index contributed by atoms with van der Waals surface area (Å²) in [4.78, 5) is 24.1. The summed E-state index contributed by atoms with van der Waals surface area (Å²) in [6.45, 7) is 4.69. The molecule has 0 bridgehead atoms. The molecule has 2 heterocycles. The molecule has 1 N–H and O–H groups in total. The fraction of sp³-hybridized carbons (Fsp3) is 0.476. The number of unbranched alkanes of at least 4 members (excludes halogenated alkanes) is 2. The van der Waals surface area contributed by atoms with Crippen LogP contribution in [0.2, 0.25) is 0 Å². The molecule has 1 fully saturated rings. The van der Waals surface area contributed by atoms with Crippen LogP contribution < -0.4 is 5.32 Å². The first-order valence-electron chi connectivity index (χ1n) is 9.75. The third kappa shape index (κ3) is 4.81. The minimum Gasteiger partial charge on any atom is -0.370 e. The van der Waals surface area contributed by atoms with E-state index in [-0.39, 0.29) is 5.91 Å². The van der Waals surface area contributed by atoms with Crippen LogP contribution in [0, 0.1) is 0 Å². The van der Waals surface area contributed by atoms with E-state index in [1.54, 1.807) is 6.07 Å². The topological polar surface area (TPSA) is 58.1 Å². The predicted molar refractivity (Wildman–Crippen MR) is 105 cm³/mol. The molecule has 1 amide bonds. The zero-order valence-corrected chi connectivity index (χ0v) is 15.6. The molecule has 0 atom stereocenters. The predicted octanol–water partition coefficient (Wildman–Crippen LogP) is 4.37. The number of carbonyl (C=O) groups excluding carboxylic acids is 1. The first kappa shape index (κ1) is 18.4. The lowest BCUT2D eigenvalue weighted by Gasteiger charge is -2.26. The van der Waals surface area contributed by atoms with Crippen LogP contribution in [0.3, 0.4) is 0 Å². The second-order valence-corrected chi connectivity index (χ2v) is 6.81. The Bertz CT molecular complexity index is 711.